The highest BCUT2D eigenvalue weighted by molar-refractivity contribution is 7.79. The molecule has 1 rings (SSSR count). The van der Waals surface area contributed by atoms with Crippen molar-refractivity contribution in [3.05, 3.63) is 29.6 Å². The molecule has 9 heavy (non-hydrogen) atoms. The van der Waals surface area contributed by atoms with E-state index in [1.54, 1.807) is 0 Å². The van der Waals surface area contributed by atoms with Gasteiger partial charge in [0.1, 0.15) is 0 Å². The number of rotatable bonds is 1. The van der Waals surface area contributed by atoms with Crippen molar-refractivity contribution in [2.75, 3.05) is 0 Å². The molecule has 2 heteroatoms. The fraction of sp³-hybridized carbons (Fsp3) is 0.286. The van der Waals surface area contributed by atoms with Crippen LogP contribution in [0.3, 0.4) is 0 Å². The van der Waals surface area contributed by atoms with Crippen LogP contribution in [0.1, 0.15) is 11.1 Å². The lowest BCUT2D eigenvalue weighted by Crippen LogP contribution is -1.81. The molecule has 0 atom stereocenters. The Balaban J connectivity index is 2.94. The van der Waals surface area contributed by atoms with Crippen molar-refractivity contribution in [3.8, 4) is 0 Å². The summed E-state index contributed by atoms with van der Waals surface area (Å²) < 4.78 is 0. The lowest BCUT2D eigenvalue weighted by atomic mass is 10.2. The average molecular weight is 139 g/mol. The molecule has 0 spiro atoms. The molecule has 1 heterocycles. The van der Waals surface area contributed by atoms with Crippen LogP contribution < -0.4 is 0 Å². The van der Waals surface area contributed by atoms with Crippen LogP contribution >= 0.6 is 12.6 Å². The molecule has 1 aromatic rings. The van der Waals surface area contributed by atoms with E-state index in [-0.39, 0.29) is 0 Å². The van der Waals surface area contributed by atoms with Gasteiger partial charge in [0.15, 0.2) is 0 Å². The van der Waals surface area contributed by atoms with E-state index in [0.29, 0.717) is 0 Å². The minimum atomic E-state index is 0.772. The highest BCUT2D eigenvalue weighted by Gasteiger charge is 1.87. The summed E-state index contributed by atoms with van der Waals surface area (Å²) in [5.41, 5.74) is 2.37. The highest BCUT2D eigenvalue weighted by Crippen LogP contribution is 2.02. The lowest BCUT2D eigenvalue weighted by Gasteiger charge is -1.94. The number of aryl methyl sites for hydroxylation is 1. The van der Waals surface area contributed by atoms with Crippen molar-refractivity contribution in [1.29, 1.82) is 0 Å². The minimum Gasteiger partial charge on any atom is -0.264 e. The zero-order valence-electron chi connectivity index (χ0n) is 5.33. The van der Waals surface area contributed by atoms with Gasteiger partial charge in [-0.2, -0.15) is 12.6 Å². The first-order chi connectivity index (χ1) is 4.33. The number of hydrogen-bond acceptors (Lipinski definition) is 2. The van der Waals surface area contributed by atoms with Crippen molar-refractivity contribution in [2.45, 2.75) is 12.7 Å². The minimum absolute atomic E-state index is 0.772. The number of hydrogen-bond donors (Lipinski definition) is 1. The molecule has 0 radical (unpaired) electrons. The first-order valence-electron chi connectivity index (χ1n) is 2.84. The Bertz CT molecular complexity index is 198. The average Bonchev–Trinajstić information content (AvgIpc) is 1.88. The molecule has 0 fully saturated rings. The standard InChI is InChI=1S/C7H9NS/c1-6-2-7(5-9)4-8-3-6/h2-4,9H,5H2,1H3. The molecular weight excluding hydrogens is 130 g/mol. The number of pyridine rings is 1. The van der Waals surface area contributed by atoms with Crippen LogP contribution in [-0.4, -0.2) is 4.98 Å². The Morgan fingerprint density at radius 3 is 2.78 bits per heavy atom. The van der Waals surface area contributed by atoms with Crippen LogP contribution in [0, 0.1) is 6.92 Å². The summed E-state index contributed by atoms with van der Waals surface area (Å²) in [5.74, 6) is 0.772. The maximum atomic E-state index is 4.12. The van der Waals surface area contributed by atoms with E-state index in [4.69, 9.17) is 0 Å². The second-order valence-corrected chi connectivity index (χ2v) is 2.34. The molecule has 0 N–H and O–H groups in total. The smallest absolute Gasteiger partial charge is 0.0308 e. The second kappa shape index (κ2) is 2.87. The van der Waals surface area contributed by atoms with Gasteiger partial charge in [-0.15, -0.1) is 0 Å². The van der Waals surface area contributed by atoms with Gasteiger partial charge in [-0.25, -0.2) is 0 Å². The van der Waals surface area contributed by atoms with Gasteiger partial charge in [0.2, 0.25) is 0 Å². The van der Waals surface area contributed by atoms with Crippen LogP contribution in [0.4, 0.5) is 0 Å². The highest BCUT2D eigenvalue weighted by atomic mass is 32.1. The Morgan fingerprint density at radius 1 is 1.56 bits per heavy atom. The largest absolute Gasteiger partial charge is 0.264 e. The van der Waals surface area contributed by atoms with Crippen molar-refractivity contribution >= 4 is 12.6 Å². The second-order valence-electron chi connectivity index (χ2n) is 2.03. The summed E-state index contributed by atoms with van der Waals surface area (Å²) in [6, 6.07) is 2.08. The van der Waals surface area contributed by atoms with Crippen LogP contribution in [0.15, 0.2) is 18.5 Å². The Kier molecular flexibility index (Phi) is 2.11. The summed E-state index contributed by atoms with van der Waals surface area (Å²) in [4.78, 5) is 4.01. The number of nitrogens with zero attached hydrogens (tertiary/aromatic N) is 1. The summed E-state index contributed by atoms with van der Waals surface area (Å²) in [6.45, 7) is 2.03. The molecule has 0 aliphatic carbocycles. The topological polar surface area (TPSA) is 12.9 Å². The molecule has 0 aromatic carbocycles. The molecule has 0 saturated carbocycles. The molecule has 0 unspecified atom stereocenters. The molecule has 1 aromatic heterocycles. The fourth-order valence-electron chi connectivity index (χ4n) is 0.704. The van der Waals surface area contributed by atoms with Crippen LogP contribution in [0.5, 0.6) is 0 Å². The van der Waals surface area contributed by atoms with Crippen LogP contribution in [0.2, 0.25) is 0 Å². The summed E-state index contributed by atoms with van der Waals surface area (Å²) >= 11 is 4.12. The fourth-order valence-corrected chi connectivity index (χ4v) is 0.877. The summed E-state index contributed by atoms with van der Waals surface area (Å²) in [7, 11) is 0. The van der Waals surface area contributed by atoms with E-state index in [1.807, 2.05) is 19.3 Å². The maximum Gasteiger partial charge on any atom is 0.0308 e. The first-order valence-corrected chi connectivity index (χ1v) is 3.47. The van der Waals surface area contributed by atoms with Crippen LogP contribution in [-0.2, 0) is 5.75 Å². The van der Waals surface area contributed by atoms with Crippen molar-refractivity contribution < 1.29 is 0 Å². The summed E-state index contributed by atoms with van der Waals surface area (Å²) in [6.07, 6.45) is 3.67. The van der Waals surface area contributed by atoms with Gasteiger partial charge < -0.3 is 0 Å². The summed E-state index contributed by atoms with van der Waals surface area (Å²) in [5, 5.41) is 0. The predicted octanol–water partition coefficient (Wildman–Crippen LogP) is 1.82. The Labute approximate surface area is 60.5 Å². The van der Waals surface area contributed by atoms with E-state index in [9.17, 15) is 0 Å². The zero-order valence-corrected chi connectivity index (χ0v) is 6.23. The molecule has 0 bridgehead atoms. The molecule has 1 nitrogen and oxygen atoms in total. The van der Waals surface area contributed by atoms with E-state index >= 15 is 0 Å². The van der Waals surface area contributed by atoms with E-state index in [1.165, 1.54) is 11.1 Å². The molecule has 0 aliphatic rings. The van der Waals surface area contributed by atoms with Gasteiger partial charge in [0, 0.05) is 18.1 Å². The van der Waals surface area contributed by atoms with Crippen LogP contribution in [0.25, 0.3) is 0 Å². The molecular formula is C7H9NS. The van der Waals surface area contributed by atoms with Gasteiger partial charge in [-0.05, 0) is 18.1 Å². The van der Waals surface area contributed by atoms with Gasteiger partial charge in [-0.1, -0.05) is 6.07 Å². The molecule has 0 saturated heterocycles. The Hall–Kier alpha value is -0.500. The third-order valence-electron chi connectivity index (χ3n) is 1.11. The molecule has 0 amide bonds. The normalized spacial score (nSPS) is 9.56. The number of thiol groups is 1. The van der Waals surface area contributed by atoms with Crippen molar-refractivity contribution in [3.63, 3.8) is 0 Å². The van der Waals surface area contributed by atoms with E-state index < -0.39 is 0 Å². The molecule has 48 valence electrons. The van der Waals surface area contributed by atoms with Crippen molar-refractivity contribution in [2.24, 2.45) is 0 Å². The first kappa shape index (κ1) is 6.62. The zero-order chi connectivity index (χ0) is 6.69. The van der Waals surface area contributed by atoms with Gasteiger partial charge in [-0.3, -0.25) is 4.98 Å². The van der Waals surface area contributed by atoms with E-state index in [2.05, 4.69) is 23.7 Å². The van der Waals surface area contributed by atoms with Gasteiger partial charge in [0.05, 0.1) is 0 Å². The third kappa shape index (κ3) is 1.72. The predicted molar refractivity (Wildman–Crippen MR) is 41.7 cm³/mol. The van der Waals surface area contributed by atoms with Gasteiger partial charge in [0.25, 0.3) is 0 Å². The number of aromatic nitrogens is 1. The lowest BCUT2D eigenvalue weighted by molar-refractivity contribution is 1.21. The quantitative estimate of drug-likeness (QED) is 0.585. The molecule has 0 aliphatic heterocycles. The third-order valence-corrected chi connectivity index (χ3v) is 1.48. The monoisotopic (exact) mass is 139 g/mol. The maximum absolute atomic E-state index is 4.12. The Morgan fingerprint density at radius 2 is 2.33 bits per heavy atom. The SMILES string of the molecule is Cc1cncc(CS)c1. The van der Waals surface area contributed by atoms with E-state index in [0.717, 1.165) is 5.75 Å². The van der Waals surface area contributed by atoms with Crippen molar-refractivity contribution in [1.82, 2.24) is 4.98 Å². The van der Waals surface area contributed by atoms with Gasteiger partial charge >= 0.3 is 0 Å².